The van der Waals surface area contributed by atoms with E-state index in [-0.39, 0.29) is 0 Å². The van der Waals surface area contributed by atoms with Crippen molar-refractivity contribution >= 4 is 12.6 Å². The Hall–Kier alpha value is 0.270. The van der Waals surface area contributed by atoms with Crippen LogP contribution in [0, 0.1) is 0 Å². The molecule has 0 saturated heterocycles. The molecule has 0 aliphatic rings. The van der Waals surface area contributed by atoms with Gasteiger partial charge in [0.05, 0.1) is 6.61 Å². The Balaban J connectivity index is 2.53. The van der Waals surface area contributed by atoms with E-state index in [2.05, 4.69) is 12.6 Å². The second kappa shape index (κ2) is 7.27. The SMILES string of the molecule is CCOCOCCS. The van der Waals surface area contributed by atoms with E-state index in [9.17, 15) is 0 Å². The Morgan fingerprint density at radius 3 is 2.62 bits per heavy atom. The summed E-state index contributed by atoms with van der Waals surface area (Å²) in [7, 11) is 0. The molecule has 0 rings (SSSR count). The van der Waals surface area contributed by atoms with Crippen molar-refractivity contribution in [3.8, 4) is 0 Å². The lowest BCUT2D eigenvalue weighted by atomic mass is 10.8. The van der Waals surface area contributed by atoms with E-state index < -0.39 is 0 Å². The van der Waals surface area contributed by atoms with Crippen LogP contribution >= 0.6 is 12.6 Å². The van der Waals surface area contributed by atoms with Crippen LogP contribution in [0.4, 0.5) is 0 Å². The minimum atomic E-state index is 0.400. The zero-order valence-electron chi connectivity index (χ0n) is 5.09. The second-order valence-electron chi connectivity index (χ2n) is 1.24. The number of rotatable bonds is 5. The fourth-order valence-electron chi connectivity index (χ4n) is 0.266. The van der Waals surface area contributed by atoms with Gasteiger partial charge in [0.15, 0.2) is 0 Å². The summed E-state index contributed by atoms with van der Waals surface area (Å²) in [6.07, 6.45) is 0. The molecule has 0 atom stereocenters. The molecule has 0 aliphatic heterocycles. The van der Waals surface area contributed by atoms with E-state index in [4.69, 9.17) is 9.47 Å². The summed E-state index contributed by atoms with van der Waals surface area (Å²) in [4.78, 5) is 0. The molecule has 0 aliphatic carbocycles. The molecule has 0 bridgehead atoms. The van der Waals surface area contributed by atoms with Crippen LogP contribution in [0.15, 0.2) is 0 Å². The Bertz CT molecular complexity index is 35.4. The molecule has 0 radical (unpaired) electrons. The van der Waals surface area contributed by atoms with Crippen LogP contribution in [0.2, 0.25) is 0 Å². The molecule has 0 saturated carbocycles. The first-order valence-electron chi connectivity index (χ1n) is 2.68. The molecule has 0 N–H and O–H groups in total. The van der Waals surface area contributed by atoms with Crippen molar-refractivity contribution in [1.82, 2.24) is 0 Å². The van der Waals surface area contributed by atoms with Gasteiger partial charge in [-0.15, -0.1) is 0 Å². The highest BCUT2D eigenvalue weighted by Gasteiger charge is 1.80. The standard InChI is InChI=1S/C5H12O2S/c1-2-6-5-7-3-4-8/h8H,2-5H2,1H3. The zero-order chi connectivity index (χ0) is 6.24. The van der Waals surface area contributed by atoms with Crippen molar-refractivity contribution in [3.05, 3.63) is 0 Å². The smallest absolute Gasteiger partial charge is 0.146 e. The lowest BCUT2D eigenvalue weighted by Crippen LogP contribution is -2.01. The third-order valence-electron chi connectivity index (χ3n) is 0.606. The quantitative estimate of drug-likeness (QED) is 0.344. The molecule has 0 amide bonds. The van der Waals surface area contributed by atoms with Crippen LogP contribution in [-0.2, 0) is 9.47 Å². The maximum absolute atomic E-state index is 4.92. The number of hydrogen-bond donors (Lipinski definition) is 1. The van der Waals surface area contributed by atoms with E-state index in [0.29, 0.717) is 20.0 Å². The monoisotopic (exact) mass is 136 g/mol. The first-order valence-corrected chi connectivity index (χ1v) is 3.31. The summed E-state index contributed by atoms with van der Waals surface area (Å²) in [5, 5.41) is 0. The molecule has 0 aromatic rings. The maximum Gasteiger partial charge on any atom is 0.146 e. The van der Waals surface area contributed by atoms with Crippen LogP contribution in [0.25, 0.3) is 0 Å². The number of hydrogen-bond acceptors (Lipinski definition) is 3. The fourth-order valence-corrected chi connectivity index (χ4v) is 0.395. The van der Waals surface area contributed by atoms with Gasteiger partial charge in [-0.05, 0) is 6.92 Å². The highest BCUT2D eigenvalue weighted by molar-refractivity contribution is 7.80. The topological polar surface area (TPSA) is 18.5 Å². The van der Waals surface area contributed by atoms with E-state index in [1.54, 1.807) is 0 Å². The van der Waals surface area contributed by atoms with Gasteiger partial charge in [0.2, 0.25) is 0 Å². The first-order chi connectivity index (χ1) is 3.91. The number of ether oxygens (including phenoxy) is 2. The number of thiol groups is 1. The first kappa shape index (κ1) is 8.27. The molecule has 8 heavy (non-hydrogen) atoms. The summed E-state index contributed by atoms with van der Waals surface area (Å²) in [5.41, 5.74) is 0. The Kier molecular flexibility index (Phi) is 7.52. The normalized spacial score (nSPS) is 9.75. The van der Waals surface area contributed by atoms with E-state index >= 15 is 0 Å². The summed E-state index contributed by atoms with van der Waals surface area (Å²) in [6, 6.07) is 0. The van der Waals surface area contributed by atoms with Crippen LogP contribution < -0.4 is 0 Å². The lowest BCUT2D eigenvalue weighted by molar-refractivity contribution is -0.0435. The van der Waals surface area contributed by atoms with Crippen LogP contribution in [0.5, 0.6) is 0 Å². The van der Waals surface area contributed by atoms with Crippen molar-refractivity contribution in [1.29, 1.82) is 0 Å². The molecular weight excluding hydrogens is 124 g/mol. The third kappa shape index (κ3) is 6.27. The van der Waals surface area contributed by atoms with Crippen molar-refractivity contribution < 1.29 is 9.47 Å². The molecule has 0 aromatic heterocycles. The van der Waals surface area contributed by atoms with Gasteiger partial charge >= 0.3 is 0 Å². The van der Waals surface area contributed by atoms with Gasteiger partial charge in [-0.1, -0.05) is 0 Å². The highest BCUT2D eigenvalue weighted by atomic mass is 32.1. The van der Waals surface area contributed by atoms with Crippen molar-refractivity contribution in [2.24, 2.45) is 0 Å². The Morgan fingerprint density at radius 2 is 2.12 bits per heavy atom. The average molecular weight is 136 g/mol. The predicted molar refractivity (Wildman–Crippen MR) is 36.3 cm³/mol. The van der Waals surface area contributed by atoms with Crippen LogP contribution in [0.3, 0.4) is 0 Å². The van der Waals surface area contributed by atoms with Crippen molar-refractivity contribution in [2.45, 2.75) is 6.92 Å². The summed E-state index contributed by atoms with van der Waals surface area (Å²) >= 11 is 3.94. The molecule has 0 aromatic carbocycles. The predicted octanol–water partition coefficient (Wildman–Crippen LogP) is 0.927. The van der Waals surface area contributed by atoms with Crippen LogP contribution in [0.1, 0.15) is 6.92 Å². The van der Waals surface area contributed by atoms with Gasteiger partial charge in [-0.2, -0.15) is 12.6 Å². The highest BCUT2D eigenvalue weighted by Crippen LogP contribution is 1.78. The fraction of sp³-hybridized carbons (Fsp3) is 1.00. The van der Waals surface area contributed by atoms with E-state index in [0.717, 1.165) is 5.75 Å². The minimum absolute atomic E-state index is 0.400. The van der Waals surface area contributed by atoms with E-state index in [1.165, 1.54) is 0 Å². The molecule has 0 heterocycles. The molecule has 3 heteroatoms. The molecule has 2 nitrogen and oxygen atoms in total. The van der Waals surface area contributed by atoms with Crippen molar-refractivity contribution in [2.75, 3.05) is 25.8 Å². The Morgan fingerprint density at radius 1 is 1.38 bits per heavy atom. The van der Waals surface area contributed by atoms with Gasteiger partial charge in [0.25, 0.3) is 0 Å². The molecule has 0 fully saturated rings. The second-order valence-corrected chi connectivity index (χ2v) is 1.69. The van der Waals surface area contributed by atoms with E-state index in [1.807, 2.05) is 6.92 Å². The molecular formula is C5H12O2S. The van der Waals surface area contributed by atoms with Crippen LogP contribution in [-0.4, -0.2) is 25.8 Å². The molecule has 50 valence electrons. The average Bonchev–Trinajstić information content (AvgIpc) is 1.81. The van der Waals surface area contributed by atoms with Gasteiger partial charge in [0, 0.05) is 12.4 Å². The zero-order valence-corrected chi connectivity index (χ0v) is 5.99. The maximum atomic E-state index is 4.92. The largest absolute Gasteiger partial charge is 0.356 e. The third-order valence-corrected chi connectivity index (χ3v) is 0.789. The summed E-state index contributed by atoms with van der Waals surface area (Å²) in [6.45, 7) is 3.72. The van der Waals surface area contributed by atoms with Gasteiger partial charge < -0.3 is 9.47 Å². The summed E-state index contributed by atoms with van der Waals surface area (Å²) < 4.78 is 9.80. The molecule has 0 unspecified atom stereocenters. The van der Waals surface area contributed by atoms with Gasteiger partial charge in [-0.25, -0.2) is 0 Å². The van der Waals surface area contributed by atoms with Gasteiger partial charge in [-0.3, -0.25) is 0 Å². The Labute approximate surface area is 55.6 Å². The minimum Gasteiger partial charge on any atom is -0.356 e. The van der Waals surface area contributed by atoms with Crippen molar-refractivity contribution in [3.63, 3.8) is 0 Å². The molecule has 0 spiro atoms. The lowest BCUT2D eigenvalue weighted by Gasteiger charge is -1.99. The van der Waals surface area contributed by atoms with Gasteiger partial charge in [0.1, 0.15) is 6.79 Å². The summed E-state index contributed by atoms with van der Waals surface area (Å²) in [5.74, 6) is 0.757.